The fourth-order valence-electron chi connectivity index (χ4n) is 0.591. The molecule has 0 radical (unpaired) electrons. The van der Waals surface area contributed by atoms with Crippen molar-refractivity contribution in [3.8, 4) is 0 Å². The predicted molar refractivity (Wildman–Crippen MR) is 44.8 cm³/mol. The van der Waals surface area contributed by atoms with E-state index in [0.29, 0.717) is 6.42 Å². The van der Waals surface area contributed by atoms with Gasteiger partial charge in [0.15, 0.2) is 0 Å². The van der Waals surface area contributed by atoms with Crippen LogP contribution in [-0.4, -0.2) is 22.9 Å². The van der Waals surface area contributed by atoms with Gasteiger partial charge in [-0.05, 0) is 6.42 Å². The molecule has 0 aromatic carbocycles. The Balaban J connectivity index is 4.08. The molecular weight excluding hydrogens is 269 g/mol. The quantitative estimate of drug-likeness (QED) is 0.449. The van der Waals surface area contributed by atoms with Crippen LogP contribution in [0.15, 0.2) is 0 Å². The minimum Gasteiger partial charge on any atom is -0.367 e. The van der Waals surface area contributed by atoms with Gasteiger partial charge in [-0.3, -0.25) is 4.79 Å². The van der Waals surface area contributed by atoms with E-state index in [2.05, 4.69) is 20.7 Å². The summed E-state index contributed by atoms with van der Waals surface area (Å²) in [6.45, 7) is 1.72. The van der Waals surface area contributed by atoms with E-state index in [9.17, 15) is 22.8 Å². The number of Topliss-reactive ketones (excluding diaryl/α,β-unsaturated/α-hetero) is 1. The van der Waals surface area contributed by atoms with Crippen LogP contribution in [0.5, 0.6) is 0 Å². The molecule has 14 heavy (non-hydrogen) atoms. The highest BCUT2D eigenvalue weighted by atomic mass is 79.9. The van der Waals surface area contributed by atoms with E-state index < -0.39 is 18.1 Å². The first-order valence-electron chi connectivity index (χ1n) is 3.73. The second-order valence-corrected chi connectivity index (χ2v) is 3.76. The van der Waals surface area contributed by atoms with Crippen molar-refractivity contribution in [2.45, 2.75) is 31.0 Å². The topological polar surface area (TPSA) is 43.4 Å². The zero-order valence-electron chi connectivity index (χ0n) is 7.23. The smallest absolute Gasteiger partial charge is 0.367 e. The Morgan fingerprint density at radius 1 is 1.43 bits per heavy atom. The summed E-state index contributed by atoms with van der Waals surface area (Å²) < 4.78 is 37.4. The molecule has 1 unspecified atom stereocenters. The fraction of sp³-hybridized carbons (Fsp3) is 0.714. The van der Waals surface area contributed by atoms with Crippen molar-refractivity contribution in [3.05, 3.63) is 0 Å². The number of hydrogen-bond donors (Lipinski definition) is 0. The minimum atomic E-state index is -5.10. The molecule has 82 valence electrons. The van der Waals surface area contributed by atoms with Gasteiger partial charge >= 0.3 is 12.3 Å². The molecule has 7 heteroatoms. The van der Waals surface area contributed by atoms with Crippen LogP contribution in [0.3, 0.4) is 0 Å². The second-order valence-electron chi connectivity index (χ2n) is 2.47. The SMILES string of the molecule is CCC(Br)CC(=O)C(=O)OC(F)(F)F. The second kappa shape index (κ2) is 5.33. The number of rotatable bonds is 4. The van der Waals surface area contributed by atoms with Gasteiger partial charge in [-0.15, -0.1) is 13.2 Å². The van der Waals surface area contributed by atoms with Crippen molar-refractivity contribution in [3.63, 3.8) is 0 Å². The first kappa shape index (κ1) is 13.4. The lowest BCUT2D eigenvalue weighted by molar-refractivity contribution is -0.303. The molecule has 0 bridgehead atoms. The maximum atomic E-state index is 11.5. The number of carbonyl (C=O) groups is 2. The molecule has 0 aliphatic heterocycles. The average molecular weight is 277 g/mol. The summed E-state index contributed by atoms with van der Waals surface area (Å²) in [5, 5.41) is 0. The van der Waals surface area contributed by atoms with E-state index in [0.717, 1.165) is 0 Å². The van der Waals surface area contributed by atoms with Crippen molar-refractivity contribution < 1.29 is 27.5 Å². The van der Waals surface area contributed by atoms with Gasteiger partial charge in [0.2, 0.25) is 5.78 Å². The zero-order valence-corrected chi connectivity index (χ0v) is 8.81. The van der Waals surface area contributed by atoms with Crippen LogP contribution in [0.1, 0.15) is 19.8 Å². The highest BCUT2D eigenvalue weighted by molar-refractivity contribution is 9.09. The Bertz CT molecular complexity index is 227. The Kier molecular flexibility index (Phi) is 5.11. The number of ether oxygens (including phenoxy) is 1. The van der Waals surface area contributed by atoms with E-state index in [1.165, 1.54) is 0 Å². The van der Waals surface area contributed by atoms with Crippen molar-refractivity contribution >= 4 is 27.7 Å². The molecule has 0 N–H and O–H groups in total. The van der Waals surface area contributed by atoms with Gasteiger partial charge in [-0.2, -0.15) is 0 Å². The molecule has 0 saturated heterocycles. The largest absolute Gasteiger partial charge is 0.575 e. The molecule has 0 heterocycles. The number of hydrogen-bond acceptors (Lipinski definition) is 3. The highest BCUT2D eigenvalue weighted by Crippen LogP contribution is 2.18. The lowest BCUT2D eigenvalue weighted by Gasteiger charge is -2.07. The van der Waals surface area contributed by atoms with E-state index in [-0.39, 0.29) is 11.2 Å². The molecule has 0 fully saturated rings. The number of esters is 1. The highest BCUT2D eigenvalue weighted by Gasteiger charge is 2.36. The monoisotopic (exact) mass is 276 g/mol. The molecule has 0 rings (SSSR count). The third-order valence-corrected chi connectivity index (χ3v) is 2.26. The molecule has 0 aromatic heterocycles. The van der Waals surface area contributed by atoms with Crippen LogP contribution in [0.2, 0.25) is 0 Å². The van der Waals surface area contributed by atoms with Gasteiger partial charge < -0.3 is 4.74 Å². The third kappa shape index (κ3) is 5.95. The molecular formula is C7H8BrF3O3. The standard InChI is InChI=1S/C7H8BrF3O3/c1-2-4(8)3-5(12)6(13)14-7(9,10)11/h4H,2-3H2,1H3. The first-order chi connectivity index (χ1) is 6.26. The Hall–Kier alpha value is -0.590. The zero-order chi connectivity index (χ0) is 11.4. The predicted octanol–water partition coefficient (Wildman–Crippen LogP) is 2.18. The summed E-state index contributed by atoms with van der Waals surface area (Å²) in [7, 11) is 0. The van der Waals surface area contributed by atoms with Gasteiger partial charge in [0.1, 0.15) is 0 Å². The van der Waals surface area contributed by atoms with Gasteiger partial charge in [0.25, 0.3) is 0 Å². The normalized spacial score (nSPS) is 13.5. The average Bonchev–Trinajstić information content (AvgIpc) is 2.00. The third-order valence-electron chi connectivity index (χ3n) is 1.29. The first-order valence-corrected chi connectivity index (χ1v) is 4.64. The van der Waals surface area contributed by atoms with Crippen LogP contribution < -0.4 is 0 Å². The van der Waals surface area contributed by atoms with Crippen molar-refractivity contribution in [2.24, 2.45) is 0 Å². The Morgan fingerprint density at radius 3 is 2.29 bits per heavy atom. The number of carbonyl (C=O) groups excluding carboxylic acids is 2. The summed E-state index contributed by atoms with van der Waals surface area (Å²) >= 11 is 3.02. The molecule has 0 aliphatic carbocycles. The molecule has 1 atom stereocenters. The van der Waals surface area contributed by atoms with E-state index in [1.807, 2.05) is 0 Å². The summed E-state index contributed by atoms with van der Waals surface area (Å²) in [5.74, 6) is -3.05. The molecule has 0 amide bonds. The maximum Gasteiger partial charge on any atom is 0.575 e. The molecule has 0 aromatic rings. The van der Waals surface area contributed by atoms with E-state index in [1.54, 1.807) is 6.92 Å². The van der Waals surface area contributed by atoms with Crippen LogP contribution in [0.4, 0.5) is 13.2 Å². The van der Waals surface area contributed by atoms with Crippen LogP contribution >= 0.6 is 15.9 Å². The van der Waals surface area contributed by atoms with Gasteiger partial charge in [-0.25, -0.2) is 4.79 Å². The molecule has 3 nitrogen and oxygen atoms in total. The van der Waals surface area contributed by atoms with Crippen LogP contribution in [-0.2, 0) is 14.3 Å². The van der Waals surface area contributed by atoms with Crippen LogP contribution in [0, 0.1) is 0 Å². The summed E-state index contributed by atoms with van der Waals surface area (Å²) in [4.78, 5) is 21.0. The van der Waals surface area contributed by atoms with Crippen molar-refractivity contribution in [2.75, 3.05) is 0 Å². The van der Waals surface area contributed by atoms with E-state index in [4.69, 9.17) is 0 Å². The molecule has 0 aliphatic rings. The lowest BCUT2D eigenvalue weighted by Crippen LogP contribution is -2.27. The Morgan fingerprint density at radius 2 is 1.93 bits per heavy atom. The van der Waals surface area contributed by atoms with Crippen molar-refractivity contribution in [1.29, 1.82) is 0 Å². The van der Waals surface area contributed by atoms with Crippen LogP contribution in [0.25, 0.3) is 0 Å². The summed E-state index contributed by atoms with van der Waals surface area (Å²) in [6.07, 6.45) is -4.86. The van der Waals surface area contributed by atoms with Crippen molar-refractivity contribution in [1.82, 2.24) is 0 Å². The van der Waals surface area contributed by atoms with Gasteiger partial charge in [-0.1, -0.05) is 22.9 Å². The molecule has 0 spiro atoms. The van der Waals surface area contributed by atoms with Gasteiger partial charge in [0.05, 0.1) is 0 Å². The minimum absolute atomic E-state index is 0.300. The summed E-state index contributed by atoms with van der Waals surface area (Å²) in [5.41, 5.74) is 0. The van der Waals surface area contributed by atoms with Gasteiger partial charge in [0, 0.05) is 11.2 Å². The molecule has 0 saturated carbocycles. The number of halogens is 4. The number of alkyl halides is 4. The van der Waals surface area contributed by atoms with E-state index >= 15 is 0 Å². The summed E-state index contributed by atoms with van der Waals surface area (Å²) in [6, 6.07) is 0. The maximum absolute atomic E-state index is 11.5. The Labute approximate surface area is 86.7 Å². The lowest BCUT2D eigenvalue weighted by atomic mass is 10.2. The number of ketones is 1. The fourth-order valence-corrected chi connectivity index (χ4v) is 0.885.